The molecule has 0 unspecified atom stereocenters. The third-order valence-electron chi connectivity index (χ3n) is 4.74. The number of halogens is 1. The number of hydrogen-bond donors (Lipinski definition) is 1. The molecule has 0 fully saturated rings. The van der Waals surface area contributed by atoms with E-state index in [-0.39, 0.29) is 11.6 Å². The van der Waals surface area contributed by atoms with Crippen molar-refractivity contribution in [2.75, 3.05) is 14.2 Å². The van der Waals surface area contributed by atoms with Crippen molar-refractivity contribution in [1.82, 2.24) is 4.98 Å². The molecule has 0 spiro atoms. The fourth-order valence-corrected chi connectivity index (χ4v) is 2.77. The molecular weight excluding hydrogens is 379 g/mol. The Balaban J connectivity index is 0.000000696. The van der Waals surface area contributed by atoms with Gasteiger partial charge in [-0.05, 0) is 87.4 Å². The van der Waals surface area contributed by atoms with Gasteiger partial charge in [0.15, 0.2) is 0 Å². The summed E-state index contributed by atoms with van der Waals surface area (Å²) in [6.07, 6.45) is 7.46. The number of benzene rings is 1. The highest BCUT2D eigenvalue weighted by molar-refractivity contribution is 6.03. The van der Waals surface area contributed by atoms with Gasteiger partial charge in [-0.3, -0.25) is 14.8 Å². The summed E-state index contributed by atoms with van der Waals surface area (Å²) in [7, 11) is 2.73. The molecule has 1 heterocycles. The number of aliphatic imine (C=N–C) groups is 1. The number of aliphatic hydroxyl groups excluding tert-OH is 1. The van der Waals surface area contributed by atoms with Gasteiger partial charge in [0.1, 0.15) is 11.6 Å². The first-order chi connectivity index (χ1) is 14.3. The number of aliphatic hydroxyl groups is 1. The Labute approximate surface area is 180 Å². The number of ketones is 1. The number of nitrogens with zero attached hydrogens (tertiary/aromatic N) is 2. The van der Waals surface area contributed by atoms with Crippen molar-refractivity contribution in [2.24, 2.45) is 4.99 Å². The van der Waals surface area contributed by atoms with Crippen LogP contribution >= 0.6 is 0 Å². The Morgan fingerprint density at radius 2 is 1.83 bits per heavy atom. The van der Waals surface area contributed by atoms with E-state index < -0.39 is 0 Å². The van der Waals surface area contributed by atoms with Crippen LogP contribution in [0.5, 0.6) is 0 Å². The zero-order chi connectivity index (χ0) is 23.1. The van der Waals surface area contributed by atoms with E-state index in [1.165, 1.54) is 17.2 Å². The van der Waals surface area contributed by atoms with Crippen LogP contribution in [-0.2, 0) is 11.2 Å². The minimum atomic E-state index is -0.174. The van der Waals surface area contributed by atoms with E-state index in [2.05, 4.69) is 23.8 Å². The van der Waals surface area contributed by atoms with Gasteiger partial charge in [-0.15, -0.1) is 0 Å². The SMILES string of the molecule is C/C=C(/CC(C)=O)C(CCc1cccc(F)c1C)=NC.CO.Cc1ccncc1C. The Morgan fingerprint density at radius 1 is 1.17 bits per heavy atom. The molecule has 1 aromatic heterocycles. The maximum absolute atomic E-state index is 13.5. The molecule has 0 amide bonds. The van der Waals surface area contributed by atoms with Crippen LogP contribution < -0.4 is 0 Å². The zero-order valence-electron chi connectivity index (χ0n) is 19.3. The molecule has 5 heteroatoms. The molecule has 164 valence electrons. The van der Waals surface area contributed by atoms with Crippen molar-refractivity contribution < 1.29 is 14.3 Å². The number of allylic oxidation sites excluding steroid dienone is 2. The summed E-state index contributed by atoms with van der Waals surface area (Å²) in [5, 5.41) is 7.00. The van der Waals surface area contributed by atoms with Crippen molar-refractivity contribution >= 4 is 11.5 Å². The van der Waals surface area contributed by atoms with E-state index in [1.807, 2.05) is 37.5 Å². The second kappa shape index (κ2) is 15.2. The molecule has 2 aromatic rings. The maximum Gasteiger partial charge on any atom is 0.134 e. The van der Waals surface area contributed by atoms with E-state index in [1.54, 1.807) is 27.0 Å². The normalized spacial score (nSPS) is 11.1. The van der Waals surface area contributed by atoms with Crippen LogP contribution in [0.15, 0.2) is 53.3 Å². The summed E-state index contributed by atoms with van der Waals surface area (Å²) in [4.78, 5) is 19.5. The molecule has 0 aliphatic carbocycles. The number of rotatable bonds is 6. The molecule has 30 heavy (non-hydrogen) atoms. The molecule has 0 atom stereocenters. The van der Waals surface area contributed by atoms with E-state index in [9.17, 15) is 9.18 Å². The first-order valence-corrected chi connectivity index (χ1v) is 9.96. The fourth-order valence-electron chi connectivity index (χ4n) is 2.77. The van der Waals surface area contributed by atoms with Crippen LogP contribution in [0.3, 0.4) is 0 Å². The predicted molar refractivity (Wildman–Crippen MR) is 124 cm³/mol. The monoisotopic (exact) mass is 414 g/mol. The molecule has 4 nitrogen and oxygen atoms in total. The molecule has 1 N–H and O–H groups in total. The third kappa shape index (κ3) is 9.70. The van der Waals surface area contributed by atoms with Crippen LogP contribution in [0.4, 0.5) is 4.39 Å². The lowest BCUT2D eigenvalue weighted by molar-refractivity contribution is -0.116. The maximum atomic E-state index is 13.5. The average Bonchev–Trinajstić information content (AvgIpc) is 2.74. The fraction of sp³-hybridized carbons (Fsp3) is 0.400. The summed E-state index contributed by atoms with van der Waals surface area (Å²) < 4.78 is 13.5. The zero-order valence-corrected chi connectivity index (χ0v) is 19.3. The van der Waals surface area contributed by atoms with Gasteiger partial charge in [-0.1, -0.05) is 18.2 Å². The van der Waals surface area contributed by atoms with Crippen molar-refractivity contribution in [3.63, 3.8) is 0 Å². The molecular formula is C25H35FN2O2. The van der Waals surface area contributed by atoms with Crippen molar-refractivity contribution in [3.05, 3.63) is 76.4 Å². The van der Waals surface area contributed by atoms with Gasteiger partial charge in [0.25, 0.3) is 0 Å². The highest BCUT2D eigenvalue weighted by Gasteiger charge is 2.10. The Bertz CT molecular complexity index is 837. The third-order valence-corrected chi connectivity index (χ3v) is 4.74. The number of carbonyl (C=O) groups excluding carboxylic acids is 1. The first kappa shape index (κ1) is 27.3. The van der Waals surface area contributed by atoms with Crippen LogP contribution in [0, 0.1) is 26.6 Å². The largest absolute Gasteiger partial charge is 0.400 e. The van der Waals surface area contributed by atoms with E-state index in [4.69, 9.17) is 5.11 Å². The number of pyridine rings is 1. The first-order valence-electron chi connectivity index (χ1n) is 9.96. The standard InChI is InChI=1S/C17H22FNO.C7H9N.CH4O/c1-5-14(11-12(2)20)17(19-4)10-9-15-7-6-8-16(18)13(15)3;1-6-3-4-8-5-7(6)2;1-2/h5-8H,9-11H2,1-4H3;3-5H,1-2H3;2H,1H3/b14-5-,19-17?;;. The summed E-state index contributed by atoms with van der Waals surface area (Å²) >= 11 is 0. The lowest BCUT2D eigenvalue weighted by Crippen LogP contribution is -2.09. The minimum Gasteiger partial charge on any atom is -0.400 e. The van der Waals surface area contributed by atoms with Crippen molar-refractivity contribution in [2.45, 2.75) is 53.9 Å². The molecule has 0 aliphatic rings. The van der Waals surface area contributed by atoms with Crippen LogP contribution in [0.2, 0.25) is 0 Å². The Morgan fingerprint density at radius 3 is 2.30 bits per heavy atom. The van der Waals surface area contributed by atoms with Gasteiger partial charge < -0.3 is 5.11 Å². The molecule has 0 radical (unpaired) electrons. The molecule has 0 saturated carbocycles. The van der Waals surface area contributed by atoms with Gasteiger partial charge in [-0.2, -0.15) is 0 Å². The van der Waals surface area contributed by atoms with Gasteiger partial charge in [0.05, 0.1) is 0 Å². The van der Waals surface area contributed by atoms with E-state index in [0.29, 0.717) is 18.4 Å². The lowest BCUT2D eigenvalue weighted by atomic mass is 9.96. The highest BCUT2D eigenvalue weighted by atomic mass is 19.1. The van der Waals surface area contributed by atoms with Gasteiger partial charge in [-0.25, -0.2) is 4.39 Å². The second-order valence-corrected chi connectivity index (χ2v) is 6.85. The van der Waals surface area contributed by atoms with E-state index >= 15 is 0 Å². The Hall–Kier alpha value is -2.66. The van der Waals surface area contributed by atoms with E-state index in [0.717, 1.165) is 30.4 Å². The topological polar surface area (TPSA) is 62.5 Å². The summed E-state index contributed by atoms with van der Waals surface area (Å²) in [5.41, 5.74) is 6.13. The summed E-state index contributed by atoms with van der Waals surface area (Å²) in [5.74, 6) is -0.0475. The molecule has 0 saturated heterocycles. The number of Topliss-reactive ketones (excluding diaryl/α,β-unsaturated/α-hetero) is 1. The predicted octanol–water partition coefficient (Wildman–Crippen LogP) is 5.37. The molecule has 0 aliphatic heterocycles. The summed E-state index contributed by atoms with van der Waals surface area (Å²) in [6.45, 7) is 9.42. The minimum absolute atomic E-state index is 0.126. The highest BCUT2D eigenvalue weighted by Crippen LogP contribution is 2.17. The van der Waals surface area contributed by atoms with Gasteiger partial charge >= 0.3 is 0 Å². The molecule has 0 bridgehead atoms. The van der Waals surface area contributed by atoms with Crippen LogP contribution in [-0.4, -0.2) is 35.7 Å². The van der Waals surface area contributed by atoms with Gasteiger partial charge in [0, 0.05) is 38.7 Å². The smallest absolute Gasteiger partial charge is 0.134 e. The van der Waals surface area contributed by atoms with Crippen molar-refractivity contribution in [3.8, 4) is 0 Å². The lowest BCUT2D eigenvalue weighted by Gasteiger charge is -2.11. The number of carbonyl (C=O) groups is 1. The van der Waals surface area contributed by atoms with Crippen molar-refractivity contribution in [1.29, 1.82) is 0 Å². The number of aromatic nitrogens is 1. The second-order valence-electron chi connectivity index (χ2n) is 6.85. The molecule has 1 aromatic carbocycles. The van der Waals surface area contributed by atoms with Gasteiger partial charge in [0.2, 0.25) is 0 Å². The molecule has 2 rings (SSSR count). The average molecular weight is 415 g/mol. The summed E-state index contributed by atoms with van der Waals surface area (Å²) in [6, 6.07) is 7.15. The van der Waals surface area contributed by atoms with Crippen LogP contribution in [0.25, 0.3) is 0 Å². The number of hydrogen-bond acceptors (Lipinski definition) is 4. The Kier molecular flexibility index (Phi) is 13.9. The number of aryl methyl sites for hydroxylation is 3. The quantitative estimate of drug-likeness (QED) is 0.646. The van der Waals surface area contributed by atoms with Crippen LogP contribution in [0.1, 0.15) is 48.9 Å².